The van der Waals surface area contributed by atoms with Gasteiger partial charge in [-0.25, -0.2) is 4.79 Å². The number of halogens is 3. The monoisotopic (exact) mass is 544 g/mol. The molecule has 1 aliphatic carbocycles. The SMILES string of the molecule is CC(C)(CC(O)(Cn1ccc(=O)c2ccccc21)C(F)(F)F)c1ccccc1OC(=O)NC1C(C)(C)C1(C)C. The van der Waals surface area contributed by atoms with E-state index in [1.165, 1.54) is 29.0 Å². The van der Waals surface area contributed by atoms with Gasteiger partial charge in [0, 0.05) is 29.3 Å². The molecule has 9 heteroatoms. The number of aliphatic hydroxyl groups is 1. The van der Waals surface area contributed by atoms with E-state index in [0.717, 1.165) is 0 Å². The van der Waals surface area contributed by atoms with Crippen LogP contribution in [0.5, 0.6) is 5.75 Å². The number of hydrogen-bond donors (Lipinski definition) is 2. The van der Waals surface area contributed by atoms with Crippen molar-refractivity contribution in [2.75, 3.05) is 0 Å². The Hall–Kier alpha value is -3.33. The second-order valence-electron chi connectivity index (χ2n) is 12.3. The number of nitrogens with zero attached hydrogens (tertiary/aromatic N) is 1. The van der Waals surface area contributed by atoms with Crippen molar-refractivity contribution in [3.8, 4) is 5.75 Å². The van der Waals surface area contributed by atoms with Gasteiger partial charge in [0.15, 0.2) is 11.0 Å². The normalized spacial score (nSPS) is 18.4. The Morgan fingerprint density at radius 1 is 1.00 bits per heavy atom. The third-order valence-corrected chi connectivity index (χ3v) is 8.68. The number of para-hydroxylation sites is 2. The minimum absolute atomic E-state index is 0.111. The van der Waals surface area contributed by atoms with E-state index in [-0.39, 0.29) is 39.0 Å². The molecule has 1 saturated carbocycles. The number of alkyl halides is 3. The number of nitrogens with one attached hydrogen (secondary N) is 1. The number of ether oxygens (including phenoxy) is 1. The summed E-state index contributed by atoms with van der Waals surface area (Å²) in [5.74, 6) is 0.120. The van der Waals surface area contributed by atoms with Crippen molar-refractivity contribution in [3.05, 3.63) is 76.6 Å². The molecule has 3 aromatic rings. The summed E-state index contributed by atoms with van der Waals surface area (Å²) in [7, 11) is 0. The average Bonchev–Trinajstić information content (AvgIpc) is 3.22. The van der Waals surface area contributed by atoms with E-state index in [2.05, 4.69) is 5.32 Å². The number of carbonyl (C=O) groups is 1. The summed E-state index contributed by atoms with van der Waals surface area (Å²) in [5.41, 5.74) is -4.36. The fourth-order valence-electron chi connectivity index (χ4n) is 5.67. The molecule has 2 aromatic carbocycles. The number of hydrogen-bond acceptors (Lipinski definition) is 4. The molecule has 0 saturated heterocycles. The van der Waals surface area contributed by atoms with Gasteiger partial charge in [-0.1, -0.05) is 71.9 Å². The van der Waals surface area contributed by atoms with E-state index < -0.39 is 36.3 Å². The molecular weight excluding hydrogens is 509 g/mol. The highest BCUT2D eigenvalue weighted by Crippen LogP contribution is 2.62. The van der Waals surface area contributed by atoms with Gasteiger partial charge < -0.3 is 19.7 Å². The zero-order valence-corrected chi connectivity index (χ0v) is 23.0. The molecule has 1 heterocycles. The van der Waals surface area contributed by atoms with Gasteiger partial charge in [-0.05, 0) is 40.9 Å². The number of fused-ring (bicyclic) bond motifs is 1. The van der Waals surface area contributed by atoms with Crippen LogP contribution < -0.4 is 15.5 Å². The molecule has 0 radical (unpaired) electrons. The van der Waals surface area contributed by atoms with Crippen molar-refractivity contribution in [1.29, 1.82) is 0 Å². The van der Waals surface area contributed by atoms with Crippen LogP contribution in [0.2, 0.25) is 0 Å². The van der Waals surface area contributed by atoms with Gasteiger partial charge in [0.25, 0.3) is 0 Å². The first-order valence-electron chi connectivity index (χ1n) is 12.9. The van der Waals surface area contributed by atoms with Crippen LogP contribution in [-0.2, 0) is 12.0 Å². The largest absolute Gasteiger partial charge is 0.418 e. The summed E-state index contributed by atoms with van der Waals surface area (Å²) in [6, 6.07) is 13.8. The van der Waals surface area contributed by atoms with E-state index in [1.807, 2.05) is 27.7 Å². The predicted octanol–water partition coefficient (Wildman–Crippen LogP) is 6.19. The number of amides is 1. The first-order chi connectivity index (χ1) is 17.9. The lowest BCUT2D eigenvalue weighted by molar-refractivity contribution is -0.271. The van der Waals surface area contributed by atoms with E-state index in [4.69, 9.17) is 4.74 Å². The minimum Gasteiger partial charge on any atom is -0.410 e. The maximum atomic E-state index is 14.5. The van der Waals surface area contributed by atoms with Gasteiger partial charge in [0.2, 0.25) is 0 Å². The van der Waals surface area contributed by atoms with Crippen molar-refractivity contribution >= 4 is 17.0 Å². The van der Waals surface area contributed by atoms with Crippen LogP contribution in [0, 0.1) is 10.8 Å². The zero-order valence-electron chi connectivity index (χ0n) is 23.0. The first-order valence-corrected chi connectivity index (χ1v) is 12.9. The van der Waals surface area contributed by atoms with Crippen molar-refractivity contribution in [3.63, 3.8) is 0 Å². The van der Waals surface area contributed by atoms with Crippen LogP contribution in [-0.4, -0.2) is 33.6 Å². The minimum atomic E-state index is -5.00. The molecule has 1 aromatic heterocycles. The maximum Gasteiger partial charge on any atom is 0.418 e. The Balaban J connectivity index is 1.63. The standard InChI is InChI=1S/C30H35F3N2O4/c1-26(2,20-12-8-10-14-23(20)39-25(37)34-24-27(3,4)28(24,5)6)17-29(38,30(31,32)33)18-35-16-15-22(36)19-11-7-9-13-21(19)35/h7-16,24,38H,17-18H2,1-6H3,(H,34,37). The molecule has 39 heavy (non-hydrogen) atoms. The lowest BCUT2D eigenvalue weighted by atomic mass is 9.74. The molecule has 1 aliphatic rings. The van der Waals surface area contributed by atoms with Crippen LogP contribution >= 0.6 is 0 Å². The number of benzene rings is 2. The van der Waals surface area contributed by atoms with Crippen LogP contribution in [0.15, 0.2) is 65.6 Å². The fraction of sp³-hybridized carbons (Fsp3) is 0.467. The van der Waals surface area contributed by atoms with E-state index in [1.54, 1.807) is 50.2 Å². The quantitative estimate of drug-likeness (QED) is 0.372. The second-order valence-corrected chi connectivity index (χ2v) is 12.3. The lowest BCUT2D eigenvalue weighted by Crippen LogP contribution is -2.52. The summed E-state index contributed by atoms with van der Waals surface area (Å²) in [6.07, 6.45) is -5.15. The van der Waals surface area contributed by atoms with E-state index >= 15 is 0 Å². The Bertz CT molecular complexity index is 1440. The highest BCUT2D eigenvalue weighted by molar-refractivity contribution is 5.78. The van der Waals surface area contributed by atoms with Crippen LogP contribution in [0.25, 0.3) is 10.9 Å². The van der Waals surface area contributed by atoms with Crippen molar-refractivity contribution in [2.24, 2.45) is 10.8 Å². The molecule has 210 valence electrons. The third-order valence-electron chi connectivity index (χ3n) is 8.68. The molecular formula is C30H35F3N2O4. The molecule has 0 bridgehead atoms. The van der Waals surface area contributed by atoms with Crippen molar-refractivity contribution < 1.29 is 27.8 Å². The molecule has 0 aliphatic heterocycles. The van der Waals surface area contributed by atoms with Gasteiger partial charge in [-0.15, -0.1) is 0 Å². The second kappa shape index (κ2) is 9.40. The topological polar surface area (TPSA) is 80.6 Å². The highest BCUT2D eigenvalue weighted by atomic mass is 19.4. The molecule has 1 unspecified atom stereocenters. The van der Waals surface area contributed by atoms with E-state index in [0.29, 0.717) is 5.56 Å². The Kier molecular flexibility index (Phi) is 6.91. The smallest absolute Gasteiger partial charge is 0.410 e. The van der Waals surface area contributed by atoms with Gasteiger partial charge in [0.1, 0.15) is 5.75 Å². The Morgan fingerprint density at radius 3 is 2.21 bits per heavy atom. The Morgan fingerprint density at radius 2 is 1.59 bits per heavy atom. The summed E-state index contributed by atoms with van der Waals surface area (Å²) >= 11 is 0. The maximum absolute atomic E-state index is 14.5. The van der Waals surface area contributed by atoms with E-state index in [9.17, 15) is 27.9 Å². The highest BCUT2D eigenvalue weighted by Gasteiger charge is 2.65. The first kappa shape index (κ1) is 28.7. The van der Waals surface area contributed by atoms with Gasteiger partial charge in [0.05, 0.1) is 12.1 Å². The van der Waals surface area contributed by atoms with Gasteiger partial charge in [-0.3, -0.25) is 4.79 Å². The molecule has 1 fully saturated rings. The Labute approximate surface area is 225 Å². The lowest BCUT2D eigenvalue weighted by Gasteiger charge is -2.39. The fourth-order valence-corrected chi connectivity index (χ4v) is 5.67. The van der Waals surface area contributed by atoms with Crippen molar-refractivity contribution in [1.82, 2.24) is 9.88 Å². The summed E-state index contributed by atoms with van der Waals surface area (Å²) in [6.45, 7) is 10.5. The average molecular weight is 545 g/mol. The summed E-state index contributed by atoms with van der Waals surface area (Å²) in [4.78, 5) is 25.0. The number of rotatable bonds is 7. The zero-order chi connectivity index (χ0) is 29.0. The van der Waals surface area contributed by atoms with Crippen LogP contribution in [0.1, 0.15) is 53.5 Å². The van der Waals surface area contributed by atoms with Crippen LogP contribution in [0.3, 0.4) is 0 Å². The van der Waals surface area contributed by atoms with Crippen LogP contribution in [0.4, 0.5) is 18.0 Å². The number of carbonyl (C=O) groups excluding carboxylic acids is 1. The number of aromatic nitrogens is 1. The molecule has 0 spiro atoms. The molecule has 2 N–H and O–H groups in total. The van der Waals surface area contributed by atoms with Gasteiger partial charge in [-0.2, -0.15) is 13.2 Å². The molecule has 4 rings (SSSR count). The predicted molar refractivity (Wildman–Crippen MR) is 144 cm³/mol. The number of pyridine rings is 1. The third kappa shape index (κ3) is 5.16. The van der Waals surface area contributed by atoms with Crippen molar-refractivity contribution in [2.45, 2.75) is 77.7 Å². The summed E-state index contributed by atoms with van der Waals surface area (Å²) < 4.78 is 50.4. The molecule has 1 amide bonds. The molecule has 1 atom stereocenters. The molecule has 6 nitrogen and oxygen atoms in total. The summed E-state index contributed by atoms with van der Waals surface area (Å²) in [5, 5.41) is 14.3. The van der Waals surface area contributed by atoms with Gasteiger partial charge >= 0.3 is 12.3 Å².